The number of nitrogens with one attached hydrogen (secondary N) is 1. The van der Waals surface area contributed by atoms with Crippen LogP contribution < -0.4 is 14.4 Å². The van der Waals surface area contributed by atoms with Crippen molar-refractivity contribution < 1.29 is 22.7 Å². The maximum atomic E-state index is 13.9. The van der Waals surface area contributed by atoms with Crippen molar-refractivity contribution in [2.24, 2.45) is 0 Å². The van der Waals surface area contributed by atoms with Crippen LogP contribution in [-0.2, 0) is 26.0 Å². The first kappa shape index (κ1) is 29.2. The van der Waals surface area contributed by atoms with Gasteiger partial charge in [0, 0.05) is 13.6 Å². The van der Waals surface area contributed by atoms with Gasteiger partial charge in [-0.25, -0.2) is 8.42 Å². The van der Waals surface area contributed by atoms with Crippen molar-refractivity contribution in [2.75, 3.05) is 31.6 Å². The SMILES string of the molecule is CNC(=O)[C@@H](C)N(CCc1ccccc1)C(=O)CN(c1ccc(C)cc1)S(=O)(=O)c1ccc(OC)c(Br)c1. The lowest BCUT2D eigenvalue weighted by molar-refractivity contribution is -0.138. The Kier molecular flexibility index (Phi) is 9.93. The van der Waals surface area contributed by atoms with E-state index in [1.807, 2.05) is 37.3 Å². The number of sulfonamides is 1. The molecule has 0 unspecified atom stereocenters. The molecule has 0 aliphatic rings. The molecule has 3 aromatic rings. The summed E-state index contributed by atoms with van der Waals surface area (Å²) in [5.41, 5.74) is 2.29. The van der Waals surface area contributed by atoms with E-state index in [1.165, 1.54) is 31.2 Å². The third-order valence-electron chi connectivity index (χ3n) is 6.21. The molecule has 8 nitrogen and oxygen atoms in total. The van der Waals surface area contributed by atoms with Gasteiger partial charge in [0.05, 0.1) is 22.2 Å². The lowest BCUT2D eigenvalue weighted by Gasteiger charge is -2.31. The highest BCUT2D eigenvalue weighted by atomic mass is 79.9. The summed E-state index contributed by atoms with van der Waals surface area (Å²) in [5, 5.41) is 2.58. The average molecular weight is 603 g/mol. The molecule has 1 atom stereocenters. The third kappa shape index (κ3) is 6.93. The summed E-state index contributed by atoms with van der Waals surface area (Å²) in [6, 6.07) is 20.1. The van der Waals surface area contributed by atoms with E-state index in [9.17, 15) is 18.0 Å². The zero-order valence-corrected chi connectivity index (χ0v) is 24.3. The van der Waals surface area contributed by atoms with Crippen LogP contribution in [0.1, 0.15) is 18.1 Å². The number of nitrogens with zero attached hydrogens (tertiary/aromatic N) is 2. The minimum atomic E-state index is -4.16. The van der Waals surface area contributed by atoms with Crippen LogP contribution in [-0.4, -0.2) is 58.4 Å². The summed E-state index contributed by atoms with van der Waals surface area (Å²) in [6.45, 7) is 3.29. The fourth-order valence-corrected chi connectivity index (χ4v) is 6.09. The number of likely N-dealkylation sites (N-methyl/N-ethyl adjacent to an activating group) is 1. The van der Waals surface area contributed by atoms with Gasteiger partial charge in [-0.15, -0.1) is 0 Å². The number of amides is 2. The number of rotatable bonds is 11. The van der Waals surface area contributed by atoms with Gasteiger partial charge in [0.15, 0.2) is 0 Å². The van der Waals surface area contributed by atoms with Crippen LogP contribution in [0.2, 0.25) is 0 Å². The Balaban J connectivity index is 1.99. The number of hydrogen-bond acceptors (Lipinski definition) is 5. The van der Waals surface area contributed by atoms with Gasteiger partial charge in [0.2, 0.25) is 11.8 Å². The second kappa shape index (κ2) is 12.9. The van der Waals surface area contributed by atoms with Crippen LogP contribution in [0.4, 0.5) is 5.69 Å². The number of benzene rings is 3. The molecule has 2 amide bonds. The number of ether oxygens (including phenoxy) is 1. The van der Waals surface area contributed by atoms with Crippen molar-refractivity contribution in [2.45, 2.75) is 31.2 Å². The summed E-state index contributed by atoms with van der Waals surface area (Å²) >= 11 is 3.35. The number of carbonyl (C=O) groups excluding carboxylic acids is 2. The van der Waals surface area contributed by atoms with Gasteiger partial charge in [-0.05, 0) is 72.1 Å². The molecule has 1 N–H and O–H groups in total. The molecule has 38 heavy (non-hydrogen) atoms. The molecule has 0 saturated carbocycles. The predicted octanol–water partition coefficient (Wildman–Crippen LogP) is 4.17. The summed E-state index contributed by atoms with van der Waals surface area (Å²) < 4.78 is 34.5. The summed E-state index contributed by atoms with van der Waals surface area (Å²) in [7, 11) is -1.17. The minimum absolute atomic E-state index is 0.00580. The summed E-state index contributed by atoms with van der Waals surface area (Å²) in [6.07, 6.45) is 0.511. The van der Waals surface area contributed by atoms with Crippen LogP contribution in [0.15, 0.2) is 82.2 Å². The first-order chi connectivity index (χ1) is 18.1. The van der Waals surface area contributed by atoms with E-state index in [1.54, 1.807) is 37.3 Å². The molecular formula is C28H32BrN3O5S. The lowest BCUT2D eigenvalue weighted by Crippen LogP contribution is -2.51. The van der Waals surface area contributed by atoms with Crippen molar-refractivity contribution in [3.05, 3.63) is 88.4 Å². The second-order valence-corrected chi connectivity index (χ2v) is 11.5. The minimum Gasteiger partial charge on any atom is -0.496 e. The van der Waals surface area contributed by atoms with E-state index in [-0.39, 0.29) is 17.3 Å². The number of carbonyl (C=O) groups is 2. The van der Waals surface area contributed by atoms with Crippen LogP contribution in [0.3, 0.4) is 0 Å². The lowest BCUT2D eigenvalue weighted by atomic mass is 10.1. The molecular weight excluding hydrogens is 570 g/mol. The number of anilines is 1. The fraction of sp³-hybridized carbons (Fsp3) is 0.286. The van der Waals surface area contributed by atoms with E-state index in [0.29, 0.717) is 22.3 Å². The van der Waals surface area contributed by atoms with Gasteiger partial charge in [-0.2, -0.15) is 0 Å². The van der Waals surface area contributed by atoms with Crippen LogP contribution in [0.25, 0.3) is 0 Å². The van der Waals surface area contributed by atoms with Gasteiger partial charge in [0.25, 0.3) is 10.0 Å². The molecule has 0 aromatic heterocycles. The smallest absolute Gasteiger partial charge is 0.264 e. The fourth-order valence-electron chi connectivity index (χ4n) is 3.95. The van der Waals surface area contributed by atoms with Gasteiger partial charge >= 0.3 is 0 Å². The Bertz CT molecular complexity index is 1360. The maximum Gasteiger partial charge on any atom is 0.264 e. The predicted molar refractivity (Wildman–Crippen MR) is 152 cm³/mol. The molecule has 0 saturated heterocycles. The van der Waals surface area contributed by atoms with Crippen molar-refractivity contribution in [1.82, 2.24) is 10.2 Å². The zero-order valence-electron chi connectivity index (χ0n) is 21.8. The van der Waals surface area contributed by atoms with Gasteiger partial charge in [0.1, 0.15) is 18.3 Å². The van der Waals surface area contributed by atoms with Crippen LogP contribution in [0, 0.1) is 6.92 Å². The molecule has 0 radical (unpaired) electrons. The highest BCUT2D eigenvalue weighted by Gasteiger charge is 2.32. The Hall–Kier alpha value is -3.37. The van der Waals surface area contributed by atoms with Gasteiger partial charge in [-0.1, -0.05) is 48.0 Å². The highest BCUT2D eigenvalue weighted by molar-refractivity contribution is 9.10. The first-order valence-corrected chi connectivity index (χ1v) is 14.3. The van der Waals surface area contributed by atoms with E-state index >= 15 is 0 Å². The molecule has 0 fully saturated rings. The van der Waals surface area contributed by atoms with E-state index < -0.39 is 28.5 Å². The van der Waals surface area contributed by atoms with Crippen molar-refractivity contribution in [1.29, 1.82) is 0 Å². The molecule has 0 bridgehead atoms. The highest BCUT2D eigenvalue weighted by Crippen LogP contribution is 2.31. The molecule has 3 rings (SSSR count). The topological polar surface area (TPSA) is 96.0 Å². The number of methoxy groups -OCH3 is 1. The molecule has 0 aliphatic heterocycles. The monoisotopic (exact) mass is 601 g/mol. The Morgan fingerprint density at radius 1 is 1.03 bits per heavy atom. The number of aryl methyl sites for hydroxylation is 1. The molecule has 0 spiro atoms. The Morgan fingerprint density at radius 2 is 1.68 bits per heavy atom. The van der Waals surface area contributed by atoms with Crippen molar-refractivity contribution in [3.8, 4) is 5.75 Å². The quantitative estimate of drug-likeness (QED) is 0.356. The molecule has 202 valence electrons. The van der Waals surface area contributed by atoms with Crippen molar-refractivity contribution in [3.63, 3.8) is 0 Å². The molecule has 3 aromatic carbocycles. The molecule has 0 heterocycles. The summed E-state index contributed by atoms with van der Waals surface area (Å²) in [5.74, 6) is -0.350. The first-order valence-electron chi connectivity index (χ1n) is 12.1. The van der Waals surface area contributed by atoms with Gasteiger partial charge in [-0.3, -0.25) is 13.9 Å². The van der Waals surface area contributed by atoms with Crippen LogP contribution in [0.5, 0.6) is 5.75 Å². The normalized spacial score (nSPS) is 11.9. The van der Waals surface area contributed by atoms with Crippen molar-refractivity contribution >= 4 is 43.5 Å². The number of hydrogen-bond donors (Lipinski definition) is 1. The Labute approximate surface area is 232 Å². The maximum absolute atomic E-state index is 13.9. The average Bonchev–Trinajstić information content (AvgIpc) is 2.92. The summed E-state index contributed by atoms with van der Waals surface area (Å²) in [4.78, 5) is 27.7. The molecule has 0 aliphatic carbocycles. The number of halogens is 1. The largest absolute Gasteiger partial charge is 0.496 e. The van der Waals surface area contributed by atoms with E-state index in [0.717, 1.165) is 15.4 Å². The van der Waals surface area contributed by atoms with E-state index in [2.05, 4.69) is 21.2 Å². The third-order valence-corrected chi connectivity index (χ3v) is 8.60. The van der Waals surface area contributed by atoms with Gasteiger partial charge < -0.3 is 15.0 Å². The standard InChI is InChI=1S/C28H32BrN3O5S/c1-20-10-12-23(13-11-20)32(38(35,36)24-14-15-26(37-4)25(29)18-24)19-27(33)31(21(2)28(34)30-3)17-16-22-8-6-5-7-9-22/h5-15,18,21H,16-17,19H2,1-4H3,(H,30,34)/t21-/m1/s1. The second-order valence-electron chi connectivity index (χ2n) is 8.76. The zero-order chi connectivity index (χ0) is 27.9. The van der Waals surface area contributed by atoms with Crippen LogP contribution >= 0.6 is 15.9 Å². The van der Waals surface area contributed by atoms with E-state index in [4.69, 9.17) is 4.74 Å². The Morgan fingerprint density at radius 3 is 2.26 bits per heavy atom. The molecule has 10 heteroatoms.